The molecule has 0 fully saturated rings. The SMILES string of the molecule is Cc1cccc(/C=C(\C#N)C(=O)Nc2ccc3ccccc3c2)c1. The van der Waals surface area contributed by atoms with Gasteiger partial charge >= 0.3 is 0 Å². The number of hydrogen-bond donors (Lipinski definition) is 1. The highest BCUT2D eigenvalue weighted by Crippen LogP contribution is 2.19. The average molecular weight is 312 g/mol. The number of carbonyl (C=O) groups excluding carboxylic acids is 1. The van der Waals surface area contributed by atoms with Crippen molar-refractivity contribution in [3.63, 3.8) is 0 Å². The molecule has 1 amide bonds. The van der Waals surface area contributed by atoms with Crippen molar-refractivity contribution < 1.29 is 4.79 Å². The molecule has 0 bridgehead atoms. The van der Waals surface area contributed by atoms with Gasteiger partial charge in [-0.05, 0) is 41.5 Å². The van der Waals surface area contributed by atoms with E-state index >= 15 is 0 Å². The number of rotatable bonds is 3. The first-order valence-corrected chi connectivity index (χ1v) is 7.64. The predicted molar refractivity (Wildman–Crippen MR) is 97.3 cm³/mol. The molecule has 0 spiro atoms. The molecule has 116 valence electrons. The van der Waals surface area contributed by atoms with Gasteiger partial charge in [-0.3, -0.25) is 4.79 Å². The van der Waals surface area contributed by atoms with Crippen LogP contribution >= 0.6 is 0 Å². The number of nitrogens with one attached hydrogen (secondary N) is 1. The number of nitrogens with zero attached hydrogens (tertiary/aromatic N) is 1. The van der Waals surface area contributed by atoms with Gasteiger partial charge in [-0.15, -0.1) is 0 Å². The van der Waals surface area contributed by atoms with Crippen LogP contribution in [-0.2, 0) is 4.79 Å². The molecule has 3 heteroatoms. The molecule has 0 atom stereocenters. The van der Waals surface area contributed by atoms with Gasteiger partial charge in [0.2, 0.25) is 0 Å². The third kappa shape index (κ3) is 3.50. The lowest BCUT2D eigenvalue weighted by atomic mass is 10.1. The zero-order valence-electron chi connectivity index (χ0n) is 13.3. The number of nitriles is 1. The molecule has 3 aromatic rings. The van der Waals surface area contributed by atoms with Gasteiger partial charge in [0.25, 0.3) is 5.91 Å². The normalized spacial score (nSPS) is 11.1. The van der Waals surface area contributed by atoms with E-state index in [1.165, 1.54) is 0 Å². The minimum Gasteiger partial charge on any atom is -0.321 e. The minimum absolute atomic E-state index is 0.0776. The molecule has 3 aromatic carbocycles. The Balaban J connectivity index is 1.85. The van der Waals surface area contributed by atoms with Crippen molar-refractivity contribution in [3.05, 3.63) is 83.4 Å². The Labute approximate surface area is 140 Å². The maximum absolute atomic E-state index is 12.4. The Morgan fingerprint density at radius 1 is 1.00 bits per heavy atom. The highest BCUT2D eigenvalue weighted by atomic mass is 16.1. The second-order valence-corrected chi connectivity index (χ2v) is 5.60. The first-order chi connectivity index (χ1) is 11.7. The van der Waals surface area contributed by atoms with Crippen LogP contribution in [0.4, 0.5) is 5.69 Å². The minimum atomic E-state index is -0.408. The van der Waals surface area contributed by atoms with Crippen molar-refractivity contribution in [2.75, 3.05) is 5.32 Å². The Bertz CT molecular complexity index is 980. The van der Waals surface area contributed by atoms with E-state index in [2.05, 4.69) is 5.32 Å². The van der Waals surface area contributed by atoms with E-state index < -0.39 is 5.91 Å². The number of amides is 1. The third-order valence-electron chi connectivity index (χ3n) is 3.73. The van der Waals surface area contributed by atoms with Crippen LogP contribution in [0, 0.1) is 18.3 Å². The molecule has 0 radical (unpaired) electrons. The molecule has 0 saturated heterocycles. The molecule has 0 heterocycles. The topological polar surface area (TPSA) is 52.9 Å². The van der Waals surface area contributed by atoms with Crippen LogP contribution in [0.5, 0.6) is 0 Å². The monoisotopic (exact) mass is 312 g/mol. The highest BCUT2D eigenvalue weighted by Gasteiger charge is 2.10. The molecule has 0 aromatic heterocycles. The molecule has 0 aliphatic rings. The zero-order chi connectivity index (χ0) is 16.9. The summed E-state index contributed by atoms with van der Waals surface area (Å²) in [6.45, 7) is 1.97. The third-order valence-corrected chi connectivity index (χ3v) is 3.73. The van der Waals surface area contributed by atoms with Crippen molar-refractivity contribution >= 4 is 28.4 Å². The maximum Gasteiger partial charge on any atom is 0.266 e. The van der Waals surface area contributed by atoms with Crippen LogP contribution in [-0.4, -0.2) is 5.91 Å². The zero-order valence-corrected chi connectivity index (χ0v) is 13.3. The standard InChI is InChI=1S/C21H16N2O/c1-15-5-4-6-16(11-15)12-19(14-22)21(24)23-20-10-9-17-7-2-3-8-18(17)13-20/h2-13H,1H3,(H,23,24)/b19-12+. The molecule has 0 unspecified atom stereocenters. The van der Waals surface area contributed by atoms with E-state index in [0.717, 1.165) is 21.9 Å². The van der Waals surface area contributed by atoms with Crippen LogP contribution in [0.2, 0.25) is 0 Å². The lowest BCUT2D eigenvalue weighted by Gasteiger charge is -2.06. The summed E-state index contributed by atoms with van der Waals surface area (Å²) in [5.41, 5.74) is 2.66. The predicted octanol–water partition coefficient (Wildman–Crippen LogP) is 4.69. The summed E-state index contributed by atoms with van der Waals surface area (Å²) in [5.74, 6) is -0.408. The van der Waals surface area contributed by atoms with Gasteiger partial charge in [0, 0.05) is 5.69 Å². The first kappa shape index (κ1) is 15.5. The second kappa shape index (κ2) is 6.80. The van der Waals surface area contributed by atoms with E-state index in [1.54, 1.807) is 6.08 Å². The molecule has 0 aliphatic carbocycles. The largest absolute Gasteiger partial charge is 0.321 e. The van der Waals surface area contributed by atoms with Crippen molar-refractivity contribution in [1.82, 2.24) is 0 Å². The van der Waals surface area contributed by atoms with Gasteiger partial charge in [0.05, 0.1) is 0 Å². The van der Waals surface area contributed by atoms with E-state index in [1.807, 2.05) is 79.7 Å². The first-order valence-electron chi connectivity index (χ1n) is 7.64. The van der Waals surface area contributed by atoms with Gasteiger partial charge in [-0.2, -0.15) is 5.26 Å². The van der Waals surface area contributed by atoms with E-state index in [9.17, 15) is 10.1 Å². The summed E-state index contributed by atoms with van der Waals surface area (Å²) in [5, 5.41) is 14.2. The van der Waals surface area contributed by atoms with Crippen LogP contribution in [0.3, 0.4) is 0 Å². The fourth-order valence-electron chi connectivity index (χ4n) is 2.54. The van der Waals surface area contributed by atoms with Gasteiger partial charge in [-0.1, -0.05) is 60.2 Å². The van der Waals surface area contributed by atoms with Gasteiger partial charge in [-0.25, -0.2) is 0 Å². The molecule has 0 saturated carbocycles. The van der Waals surface area contributed by atoms with Crippen LogP contribution in [0.15, 0.2) is 72.3 Å². The number of hydrogen-bond acceptors (Lipinski definition) is 2. The molecule has 3 nitrogen and oxygen atoms in total. The quantitative estimate of drug-likeness (QED) is 0.563. The van der Waals surface area contributed by atoms with Crippen molar-refractivity contribution in [2.45, 2.75) is 6.92 Å². The number of anilines is 1. The smallest absolute Gasteiger partial charge is 0.266 e. The Morgan fingerprint density at radius 2 is 1.79 bits per heavy atom. The molecule has 1 N–H and O–H groups in total. The second-order valence-electron chi connectivity index (χ2n) is 5.60. The van der Waals surface area contributed by atoms with E-state index in [0.29, 0.717) is 5.69 Å². The van der Waals surface area contributed by atoms with Crippen molar-refractivity contribution in [2.24, 2.45) is 0 Å². The summed E-state index contributed by atoms with van der Waals surface area (Å²) in [4.78, 5) is 12.4. The Hall–Kier alpha value is -3.38. The lowest BCUT2D eigenvalue weighted by molar-refractivity contribution is -0.112. The maximum atomic E-state index is 12.4. The van der Waals surface area contributed by atoms with Gasteiger partial charge in [0.15, 0.2) is 0 Å². The van der Waals surface area contributed by atoms with E-state index in [4.69, 9.17) is 0 Å². The summed E-state index contributed by atoms with van der Waals surface area (Å²) >= 11 is 0. The molecule has 24 heavy (non-hydrogen) atoms. The summed E-state index contributed by atoms with van der Waals surface area (Å²) < 4.78 is 0. The molecular weight excluding hydrogens is 296 g/mol. The molecular formula is C21H16N2O. The highest BCUT2D eigenvalue weighted by molar-refractivity contribution is 6.10. The molecule has 0 aliphatic heterocycles. The molecule has 3 rings (SSSR count). The van der Waals surface area contributed by atoms with E-state index in [-0.39, 0.29) is 5.57 Å². The average Bonchev–Trinajstić information content (AvgIpc) is 2.59. The fourth-order valence-corrected chi connectivity index (χ4v) is 2.54. The lowest BCUT2D eigenvalue weighted by Crippen LogP contribution is -2.13. The summed E-state index contributed by atoms with van der Waals surface area (Å²) in [7, 11) is 0. The number of fused-ring (bicyclic) bond motifs is 1. The van der Waals surface area contributed by atoms with Crippen molar-refractivity contribution in [3.8, 4) is 6.07 Å². The van der Waals surface area contributed by atoms with Crippen LogP contribution in [0.25, 0.3) is 16.8 Å². The van der Waals surface area contributed by atoms with Gasteiger partial charge < -0.3 is 5.32 Å². The van der Waals surface area contributed by atoms with Crippen molar-refractivity contribution in [1.29, 1.82) is 5.26 Å². The number of carbonyl (C=O) groups is 1. The number of aryl methyl sites for hydroxylation is 1. The summed E-state index contributed by atoms with van der Waals surface area (Å²) in [6.07, 6.45) is 1.60. The summed E-state index contributed by atoms with van der Waals surface area (Å²) in [6, 6.07) is 23.2. The Morgan fingerprint density at radius 3 is 2.54 bits per heavy atom. The van der Waals surface area contributed by atoms with Crippen LogP contribution < -0.4 is 5.32 Å². The number of benzene rings is 3. The fraction of sp³-hybridized carbons (Fsp3) is 0.0476. The van der Waals surface area contributed by atoms with Gasteiger partial charge in [0.1, 0.15) is 11.6 Å². The van der Waals surface area contributed by atoms with Crippen LogP contribution in [0.1, 0.15) is 11.1 Å². The Kier molecular flexibility index (Phi) is 4.40.